The molecular weight excluding hydrogens is 245 g/mol. The van der Waals surface area contributed by atoms with Gasteiger partial charge in [-0.1, -0.05) is 0 Å². The number of piperazine rings is 2. The predicted octanol–water partition coefficient (Wildman–Crippen LogP) is 0.0901. The van der Waals surface area contributed by atoms with Crippen LogP contribution in [0, 0.1) is 0 Å². The van der Waals surface area contributed by atoms with Crippen LogP contribution in [0.3, 0.4) is 0 Å². The smallest absolute Gasteiger partial charge is 0.312 e. The van der Waals surface area contributed by atoms with Crippen LogP contribution in [0.5, 0.6) is 0 Å². The molecule has 1 atom stereocenters. The zero-order valence-electron chi connectivity index (χ0n) is 10.4. The van der Waals surface area contributed by atoms with Gasteiger partial charge in [0, 0.05) is 52.4 Å². The van der Waals surface area contributed by atoms with E-state index in [0.29, 0.717) is 13.1 Å². The van der Waals surface area contributed by atoms with E-state index in [1.54, 1.807) is 0 Å². The van der Waals surface area contributed by atoms with Crippen molar-refractivity contribution in [1.82, 2.24) is 20.4 Å². The summed E-state index contributed by atoms with van der Waals surface area (Å²) in [7, 11) is 0. The van der Waals surface area contributed by atoms with Gasteiger partial charge >= 0.3 is 6.18 Å². The van der Waals surface area contributed by atoms with Crippen LogP contribution >= 0.6 is 0 Å². The van der Waals surface area contributed by atoms with Crippen LogP contribution in [-0.2, 0) is 0 Å². The van der Waals surface area contributed by atoms with E-state index in [-0.39, 0.29) is 12.7 Å². The maximum absolute atomic E-state index is 12.1. The zero-order chi connectivity index (χ0) is 13.0. The Morgan fingerprint density at radius 3 is 2.44 bits per heavy atom. The van der Waals surface area contributed by atoms with Gasteiger partial charge in [-0.15, -0.1) is 0 Å². The molecule has 2 saturated heterocycles. The molecule has 2 aliphatic rings. The topological polar surface area (TPSA) is 32.6 Å². The van der Waals surface area contributed by atoms with Crippen molar-refractivity contribution < 1.29 is 13.2 Å². The van der Waals surface area contributed by atoms with Crippen LogP contribution in [-0.4, -0.2) is 74.5 Å². The third kappa shape index (κ3) is 4.38. The molecule has 2 rings (SSSR count). The third-order valence-electron chi connectivity index (χ3n) is 3.50. The highest BCUT2D eigenvalue weighted by atomic mass is 19.4. The third-order valence-corrected chi connectivity index (χ3v) is 3.50. The van der Waals surface area contributed by atoms with Crippen molar-refractivity contribution in [2.75, 3.05) is 52.4 Å². The largest absolute Gasteiger partial charge is 0.390 e. The molecule has 1 unspecified atom stereocenters. The highest BCUT2D eigenvalue weighted by Gasteiger charge is 2.30. The molecule has 0 aromatic rings. The van der Waals surface area contributed by atoms with Crippen LogP contribution in [0.25, 0.3) is 0 Å². The average molecular weight is 265 g/mol. The molecule has 0 amide bonds. The van der Waals surface area contributed by atoms with Crippen molar-refractivity contribution >= 4 is 0 Å². The number of alkyl halides is 3. The minimum Gasteiger partial charge on any atom is -0.312 e. The van der Waals surface area contributed by atoms with E-state index in [0.717, 1.165) is 32.7 Å². The van der Waals surface area contributed by atoms with Crippen LogP contribution in [0.1, 0.15) is 6.42 Å². The lowest BCUT2D eigenvalue weighted by molar-refractivity contribution is -0.139. The van der Waals surface area contributed by atoms with E-state index in [1.807, 2.05) is 4.90 Å². The second kappa shape index (κ2) is 6.18. The Hall–Kier alpha value is -0.370. The first kappa shape index (κ1) is 14.0. The summed E-state index contributed by atoms with van der Waals surface area (Å²) < 4.78 is 36.4. The molecule has 2 fully saturated rings. The molecule has 0 spiro atoms. The first-order chi connectivity index (χ1) is 8.54. The molecule has 0 aliphatic carbocycles. The van der Waals surface area contributed by atoms with Crippen molar-refractivity contribution in [1.29, 1.82) is 0 Å². The van der Waals surface area contributed by atoms with Gasteiger partial charge in [-0.3, -0.25) is 4.90 Å². The van der Waals surface area contributed by atoms with E-state index in [4.69, 9.17) is 0 Å². The van der Waals surface area contributed by atoms with Crippen molar-refractivity contribution in [3.05, 3.63) is 0 Å². The lowest BCUT2D eigenvalue weighted by atomic mass is 10.2. The number of rotatable bonds is 3. The maximum Gasteiger partial charge on any atom is 0.390 e. The molecule has 0 aromatic heterocycles. The van der Waals surface area contributed by atoms with Crippen LogP contribution in [0.15, 0.2) is 0 Å². The van der Waals surface area contributed by atoms with Gasteiger partial charge in [0.15, 0.2) is 0 Å². The fraction of sp³-hybridized carbons (Fsp3) is 1.00. The lowest BCUT2D eigenvalue weighted by Gasteiger charge is -2.40. The first-order valence-electron chi connectivity index (χ1n) is 6.45. The van der Waals surface area contributed by atoms with E-state index < -0.39 is 12.6 Å². The number of nitrogens with zero attached hydrogens (tertiary/aromatic N) is 3. The fourth-order valence-electron chi connectivity index (χ4n) is 2.40. The van der Waals surface area contributed by atoms with E-state index in [2.05, 4.69) is 15.5 Å². The number of hydrogen-bond acceptors (Lipinski definition) is 3. The standard InChI is InChI=1S/C11H20F3N4/c12-11(13,14)1-4-17-5-7-18(8-6-17)10-9-15-2-3-16-10/h10,15H,1-9H2. The fourth-order valence-corrected chi connectivity index (χ4v) is 2.40. The molecule has 0 bridgehead atoms. The molecular formula is C11H20F3N4. The minimum atomic E-state index is -4.04. The second-order valence-corrected chi connectivity index (χ2v) is 4.83. The summed E-state index contributed by atoms with van der Waals surface area (Å²) in [4.78, 5) is 4.15. The number of halogens is 3. The second-order valence-electron chi connectivity index (χ2n) is 4.83. The van der Waals surface area contributed by atoms with Gasteiger partial charge in [0.2, 0.25) is 0 Å². The Balaban J connectivity index is 1.67. The molecule has 105 valence electrons. The van der Waals surface area contributed by atoms with Crippen LogP contribution in [0.2, 0.25) is 0 Å². The summed E-state index contributed by atoms with van der Waals surface area (Å²) >= 11 is 0. The Morgan fingerprint density at radius 2 is 1.89 bits per heavy atom. The van der Waals surface area contributed by atoms with E-state index in [9.17, 15) is 13.2 Å². The molecule has 4 nitrogen and oxygen atoms in total. The minimum absolute atomic E-state index is 0.122. The van der Waals surface area contributed by atoms with Gasteiger partial charge in [0.1, 0.15) is 0 Å². The summed E-state index contributed by atoms with van der Waals surface area (Å²) in [6, 6.07) is 0. The Labute approximate surface area is 105 Å². The van der Waals surface area contributed by atoms with Crippen molar-refractivity contribution in [2.24, 2.45) is 0 Å². The van der Waals surface area contributed by atoms with Crippen molar-refractivity contribution in [3.8, 4) is 0 Å². The Morgan fingerprint density at radius 1 is 1.17 bits per heavy atom. The summed E-state index contributed by atoms with van der Waals surface area (Å²) in [5.41, 5.74) is 0. The number of hydrogen-bond donors (Lipinski definition) is 1. The van der Waals surface area contributed by atoms with E-state index in [1.165, 1.54) is 0 Å². The van der Waals surface area contributed by atoms with E-state index >= 15 is 0 Å². The van der Waals surface area contributed by atoms with Gasteiger partial charge in [-0.05, 0) is 0 Å². The van der Waals surface area contributed by atoms with Gasteiger partial charge in [0.05, 0.1) is 12.6 Å². The molecule has 1 radical (unpaired) electrons. The highest BCUT2D eigenvalue weighted by molar-refractivity contribution is 4.81. The zero-order valence-corrected chi connectivity index (χ0v) is 10.4. The normalized spacial score (nSPS) is 28.5. The quantitative estimate of drug-likeness (QED) is 0.785. The van der Waals surface area contributed by atoms with Crippen LogP contribution in [0.4, 0.5) is 13.2 Å². The summed E-state index contributed by atoms with van der Waals surface area (Å²) in [6.45, 7) is 5.80. The van der Waals surface area contributed by atoms with Gasteiger partial charge in [-0.25, -0.2) is 5.32 Å². The lowest BCUT2D eigenvalue weighted by Crippen LogP contribution is -2.59. The van der Waals surface area contributed by atoms with Gasteiger partial charge in [0.25, 0.3) is 0 Å². The monoisotopic (exact) mass is 265 g/mol. The number of nitrogens with one attached hydrogen (secondary N) is 1. The summed E-state index contributed by atoms with van der Waals surface area (Å²) in [6.07, 6.45) is -4.54. The van der Waals surface area contributed by atoms with Crippen molar-refractivity contribution in [2.45, 2.75) is 18.8 Å². The molecule has 0 saturated carbocycles. The molecule has 18 heavy (non-hydrogen) atoms. The Bertz CT molecular complexity index is 245. The Kier molecular flexibility index (Phi) is 4.83. The van der Waals surface area contributed by atoms with Gasteiger partial charge in [-0.2, -0.15) is 13.2 Å². The molecule has 1 N–H and O–H groups in total. The molecule has 0 aromatic carbocycles. The van der Waals surface area contributed by atoms with Crippen molar-refractivity contribution in [3.63, 3.8) is 0 Å². The van der Waals surface area contributed by atoms with Gasteiger partial charge < -0.3 is 10.2 Å². The summed E-state index contributed by atoms with van der Waals surface area (Å²) in [5, 5.41) is 7.82. The maximum atomic E-state index is 12.1. The average Bonchev–Trinajstić information content (AvgIpc) is 2.37. The molecule has 2 aliphatic heterocycles. The highest BCUT2D eigenvalue weighted by Crippen LogP contribution is 2.20. The predicted molar refractivity (Wildman–Crippen MR) is 62.3 cm³/mol. The summed E-state index contributed by atoms with van der Waals surface area (Å²) in [5.74, 6) is 0. The first-order valence-corrected chi connectivity index (χ1v) is 6.45. The van der Waals surface area contributed by atoms with Crippen LogP contribution < -0.4 is 10.6 Å². The SMILES string of the molecule is FC(F)(F)CCN1CCN(C2CNCC[N]2)CC1. The molecule has 2 heterocycles. The molecule has 7 heteroatoms.